The summed E-state index contributed by atoms with van der Waals surface area (Å²) in [5, 5.41) is 10.4. The van der Waals surface area contributed by atoms with Crippen molar-refractivity contribution in [1.82, 2.24) is 0 Å². The van der Waals surface area contributed by atoms with Crippen LogP contribution in [0.4, 0.5) is 0 Å². The summed E-state index contributed by atoms with van der Waals surface area (Å²) in [4.78, 5) is 48.7. The van der Waals surface area contributed by atoms with Crippen molar-refractivity contribution in [1.29, 1.82) is 0 Å². The van der Waals surface area contributed by atoms with Gasteiger partial charge in [-0.05, 0) is 53.6 Å². The van der Waals surface area contributed by atoms with Crippen molar-refractivity contribution in [3.63, 3.8) is 0 Å². The van der Waals surface area contributed by atoms with Gasteiger partial charge in [0.1, 0.15) is 23.2 Å². The fourth-order valence-corrected chi connectivity index (χ4v) is 3.70. The van der Waals surface area contributed by atoms with Crippen molar-refractivity contribution < 1.29 is 33.8 Å². The van der Waals surface area contributed by atoms with Gasteiger partial charge in [0.15, 0.2) is 0 Å². The van der Waals surface area contributed by atoms with E-state index in [2.05, 4.69) is 15.9 Å². The Kier molecular flexibility index (Phi) is 7.35. The number of aromatic hydroxyl groups is 1. The zero-order valence-corrected chi connectivity index (χ0v) is 17.6. The van der Waals surface area contributed by atoms with Gasteiger partial charge < -0.3 is 14.6 Å². The predicted molar refractivity (Wildman–Crippen MR) is 104 cm³/mol. The Labute approximate surface area is 171 Å². The maximum atomic E-state index is 12.8. The third-order valence-corrected chi connectivity index (χ3v) is 5.86. The maximum absolute atomic E-state index is 12.8. The summed E-state index contributed by atoms with van der Waals surface area (Å²) in [7, 11) is 1.42. The molecule has 0 fully saturated rings. The highest BCUT2D eigenvalue weighted by molar-refractivity contribution is 9.10. The average Bonchev–Trinajstić information content (AvgIpc) is 2.66. The van der Waals surface area contributed by atoms with Crippen LogP contribution in [0.1, 0.15) is 55.5 Å². The number of cyclic esters (lactones) is 1. The van der Waals surface area contributed by atoms with Gasteiger partial charge in [-0.1, -0.05) is 6.92 Å². The second-order valence-electron chi connectivity index (χ2n) is 6.92. The van der Waals surface area contributed by atoms with Crippen LogP contribution in [-0.4, -0.2) is 41.6 Å². The number of hydrogen-bond acceptors (Lipinski definition) is 7. The van der Waals surface area contributed by atoms with Crippen LogP contribution in [0.2, 0.25) is 0 Å². The molecular weight excluding hydrogens is 432 g/mol. The van der Waals surface area contributed by atoms with Gasteiger partial charge in [0.2, 0.25) is 11.6 Å². The summed E-state index contributed by atoms with van der Waals surface area (Å²) in [5.41, 5.74) is 0.420. The summed E-state index contributed by atoms with van der Waals surface area (Å²) in [6, 6.07) is 1.31. The molecule has 0 aromatic heterocycles. The Morgan fingerprint density at radius 3 is 2.39 bits per heavy atom. The summed E-state index contributed by atoms with van der Waals surface area (Å²) >= 11 is 3.37. The SMILES string of the molecule is COc1cc(O)c2c(c1Br)CCCC(=O)C(=O)C(=O)CC[C@@H](C)[C@H](C)OC2=O. The molecule has 0 saturated heterocycles. The molecule has 1 aliphatic heterocycles. The van der Waals surface area contributed by atoms with Crippen molar-refractivity contribution in [2.24, 2.45) is 5.92 Å². The van der Waals surface area contributed by atoms with Crippen molar-refractivity contribution in [3.05, 3.63) is 21.7 Å². The molecule has 0 bridgehead atoms. The zero-order valence-electron chi connectivity index (χ0n) is 16.0. The molecule has 0 aliphatic carbocycles. The second-order valence-corrected chi connectivity index (χ2v) is 7.71. The number of ether oxygens (including phenoxy) is 2. The summed E-state index contributed by atoms with van der Waals surface area (Å²) in [5.74, 6) is -3.31. The number of methoxy groups -OCH3 is 1. The van der Waals surface area contributed by atoms with Crippen LogP contribution in [0.5, 0.6) is 11.5 Å². The highest BCUT2D eigenvalue weighted by atomic mass is 79.9. The van der Waals surface area contributed by atoms with Gasteiger partial charge in [-0.25, -0.2) is 4.79 Å². The molecule has 28 heavy (non-hydrogen) atoms. The van der Waals surface area contributed by atoms with Crippen molar-refractivity contribution in [2.45, 2.75) is 52.1 Å². The molecule has 152 valence electrons. The number of esters is 1. The van der Waals surface area contributed by atoms with Crippen LogP contribution >= 0.6 is 15.9 Å². The van der Waals surface area contributed by atoms with E-state index in [1.165, 1.54) is 13.2 Å². The standard InChI is InChI=1S/C20H23BrO7/c1-10-7-8-14(23)19(25)13(22)6-4-5-12-17(20(26)28-11(10)2)15(24)9-16(27-3)18(12)21/h9-11,24H,4-8H2,1-3H3/t10-,11+/m1/s1. The molecule has 1 aliphatic rings. The number of halogens is 1. The number of phenols is 1. The monoisotopic (exact) mass is 454 g/mol. The Morgan fingerprint density at radius 1 is 1.11 bits per heavy atom. The molecule has 1 aromatic carbocycles. The number of benzene rings is 1. The predicted octanol–water partition coefficient (Wildman–Crippen LogP) is 3.17. The van der Waals surface area contributed by atoms with Crippen molar-refractivity contribution in [3.8, 4) is 11.5 Å². The molecule has 2 rings (SSSR count). The lowest BCUT2D eigenvalue weighted by atomic mass is 9.94. The molecule has 0 unspecified atom stereocenters. The number of fused-ring (bicyclic) bond motifs is 1. The van der Waals surface area contributed by atoms with Crippen LogP contribution in [0.25, 0.3) is 0 Å². The number of phenolic OH excluding ortho intramolecular Hbond substituents is 1. The largest absolute Gasteiger partial charge is 0.507 e. The average molecular weight is 455 g/mol. The number of Topliss-reactive ketones (excluding diaryl/α,β-unsaturated/α-hetero) is 3. The first-order chi connectivity index (χ1) is 13.2. The Bertz CT molecular complexity index is 815. The number of rotatable bonds is 1. The van der Waals surface area contributed by atoms with Gasteiger partial charge >= 0.3 is 5.97 Å². The van der Waals surface area contributed by atoms with Crippen LogP contribution in [0.3, 0.4) is 0 Å². The van der Waals surface area contributed by atoms with Crippen LogP contribution in [-0.2, 0) is 25.5 Å². The maximum Gasteiger partial charge on any atom is 0.342 e. The van der Waals surface area contributed by atoms with Crippen LogP contribution < -0.4 is 4.74 Å². The summed E-state index contributed by atoms with van der Waals surface area (Å²) in [6.45, 7) is 3.47. The van der Waals surface area contributed by atoms with Gasteiger partial charge in [0, 0.05) is 18.9 Å². The first-order valence-electron chi connectivity index (χ1n) is 9.07. The molecule has 1 heterocycles. The molecule has 1 aromatic rings. The van der Waals surface area contributed by atoms with E-state index in [1.54, 1.807) is 13.8 Å². The molecular formula is C20H23BrO7. The molecule has 0 amide bonds. The lowest BCUT2D eigenvalue weighted by Crippen LogP contribution is -2.27. The Hall–Kier alpha value is -2.22. The number of carbonyl (C=O) groups is 4. The van der Waals surface area contributed by atoms with Crippen molar-refractivity contribution in [2.75, 3.05) is 7.11 Å². The summed E-state index contributed by atoms with van der Waals surface area (Å²) < 4.78 is 11.2. The van der Waals surface area contributed by atoms with E-state index in [0.29, 0.717) is 22.2 Å². The normalized spacial score (nSPS) is 22.3. The van der Waals surface area contributed by atoms with E-state index in [1.807, 2.05) is 0 Å². The summed E-state index contributed by atoms with van der Waals surface area (Å²) in [6.07, 6.45) is -0.0324. The van der Waals surface area contributed by atoms with Gasteiger partial charge in [-0.3, -0.25) is 14.4 Å². The minimum Gasteiger partial charge on any atom is -0.507 e. The van der Waals surface area contributed by atoms with E-state index in [-0.39, 0.29) is 42.9 Å². The first kappa shape index (κ1) is 22.1. The van der Waals surface area contributed by atoms with Gasteiger partial charge in [-0.2, -0.15) is 0 Å². The van der Waals surface area contributed by atoms with Gasteiger partial charge in [0.05, 0.1) is 11.6 Å². The van der Waals surface area contributed by atoms with Gasteiger partial charge in [0.25, 0.3) is 5.78 Å². The van der Waals surface area contributed by atoms with Gasteiger partial charge in [-0.15, -0.1) is 0 Å². The highest BCUT2D eigenvalue weighted by Crippen LogP contribution is 2.38. The van der Waals surface area contributed by atoms with Crippen molar-refractivity contribution >= 4 is 39.2 Å². The second kappa shape index (κ2) is 9.32. The van der Waals surface area contributed by atoms with E-state index in [9.17, 15) is 24.3 Å². The third-order valence-electron chi connectivity index (χ3n) is 4.99. The highest BCUT2D eigenvalue weighted by Gasteiger charge is 2.29. The zero-order chi connectivity index (χ0) is 21.0. The molecule has 0 spiro atoms. The first-order valence-corrected chi connectivity index (χ1v) is 9.86. The third kappa shape index (κ3) is 4.79. The number of carbonyl (C=O) groups excluding carboxylic acids is 4. The molecule has 7 nitrogen and oxygen atoms in total. The van der Waals surface area contributed by atoms with E-state index in [4.69, 9.17) is 9.47 Å². The lowest BCUT2D eigenvalue weighted by Gasteiger charge is -2.22. The van der Waals surface area contributed by atoms with E-state index < -0.39 is 29.4 Å². The lowest BCUT2D eigenvalue weighted by molar-refractivity contribution is -0.144. The van der Waals surface area contributed by atoms with Crippen LogP contribution in [0, 0.1) is 5.92 Å². The minimum atomic E-state index is -0.985. The Morgan fingerprint density at radius 2 is 1.75 bits per heavy atom. The quantitative estimate of drug-likeness (QED) is 0.512. The van der Waals surface area contributed by atoms with Crippen LogP contribution in [0.15, 0.2) is 10.5 Å². The smallest absolute Gasteiger partial charge is 0.342 e. The molecule has 8 heteroatoms. The number of ketones is 3. The van der Waals surface area contributed by atoms with E-state index >= 15 is 0 Å². The van der Waals surface area contributed by atoms with E-state index in [0.717, 1.165) is 0 Å². The topological polar surface area (TPSA) is 107 Å². The molecule has 1 N–H and O–H groups in total. The molecule has 0 radical (unpaired) electrons. The molecule has 0 saturated carbocycles. The Balaban J connectivity index is 2.47. The minimum absolute atomic E-state index is 0.00126. The fraction of sp³-hybridized carbons (Fsp3) is 0.500. The fourth-order valence-electron chi connectivity index (χ4n) is 3.03. The number of hydrogen-bond donors (Lipinski definition) is 1. The molecule has 2 atom stereocenters.